The third kappa shape index (κ3) is 4.63. The Morgan fingerprint density at radius 3 is 2.85 bits per heavy atom. The van der Waals surface area contributed by atoms with E-state index in [0.717, 1.165) is 12.0 Å². The lowest BCUT2D eigenvalue weighted by atomic mass is 10.1. The Labute approximate surface area is 156 Å². The first kappa shape index (κ1) is 18.4. The molecular formula is C18H21N5O4. The van der Waals surface area contributed by atoms with E-state index in [2.05, 4.69) is 20.6 Å². The highest BCUT2D eigenvalue weighted by atomic mass is 16.4. The number of nitrogens with one attached hydrogen (secondary N) is 2. The van der Waals surface area contributed by atoms with Crippen LogP contribution < -0.4 is 10.6 Å². The number of carbonyl (C=O) groups excluding carboxylic acids is 1. The molecule has 0 aliphatic carbocycles. The standard InChI is InChI=1S/C18H21N5O4/c1-11-7-12(4-5-15(11)24)14-8-19-9-16(21-14)22-17(25)20-13-3-2-6-23(10-13)18(26)27/h4-5,7-9,13,24H,2-3,6,10H2,1H3,(H,26,27)(H2,20,21,22,25). The van der Waals surface area contributed by atoms with Crippen LogP contribution in [0.4, 0.5) is 15.4 Å². The van der Waals surface area contributed by atoms with Gasteiger partial charge in [0.1, 0.15) is 5.75 Å². The molecule has 4 N–H and O–H groups in total. The first-order valence-corrected chi connectivity index (χ1v) is 8.60. The topological polar surface area (TPSA) is 128 Å². The van der Waals surface area contributed by atoms with Crippen molar-refractivity contribution in [3.8, 4) is 17.0 Å². The molecule has 27 heavy (non-hydrogen) atoms. The molecule has 9 heteroatoms. The average molecular weight is 371 g/mol. The SMILES string of the molecule is Cc1cc(-c2cncc(NC(=O)NC3CCCN(C(=O)O)C3)n2)ccc1O. The maximum Gasteiger partial charge on any atom is 0.407 e. The Hall–Kier alpha value is -3.36. The van der Waals surface area contributed by atoms with Crippen molar-refractivity contribution in [2.45, 2.75) is 25.8 Å². The van der Waals surface area contributed by atoms with Crippen molar-refractivity contribution in [3.63, 3.8) is 0 Å². The second-order valence-corrected chi connectivity index (χ2v) is 6.46. The van der Waals surface area contributed by atoms with E-state index >= 15 is 0 Å². The predicted octanol–water partition coefficient (Wildman–Crippen LogP) is 2.42. The molecule has 142 valence electrons. The third-order valence-electron chi connectivity index (χ3n) is 4.40. The van der Waals surface area contributed by atoms with E-state index in [-0.39, 0.29) is 24.2 Å². The molecule has 1 fully saturated rings. The van der Waals surface area contributed by atoms with Gasteiger partial charge < -0.3 is 20.4 Å². The molecular weight excluding hydrogens is 350 g/mol. The number of carbonyl (C=O) groups is 2. The number of anilines is 1. The summed E-state index contributed by atoms with van der Waals surface area (Å²) in [6, 6.07) is 4.38. The first-order chi connectivity index (χ1) is 12.9. The average Bonchev–Trinajstić information content (AvgIpc) is 2.64. The molecule has 1 aliphatic rings. The number of aromatic hydroxyl groups is 1. The van der Waals surface area contributed by atoms with Crippen molar-refractivity contribution in [3.05, 3.63) is 36.2 Å². The van der Waals surface area contributed by atoms with Crippen LogP contribution in [0.15, 0.2) is 30.6 Å². The van der Waals surface area contributed by atoms with Gasteiger partial charge in [0.25, 0.3) is 0 Å². The minimum Gasteiger partial charge on any atom is -0.508 e. The largest absolute Gasteiger partial charge is 0.508 e. The lowest BCUT2D eigenvalue weighted by Crippen LogP contribution is -2.50. The van der Waals surface area contributed by atoms with Crippen molar-refractivity contribution in [2.75, 3.05) is 18.4 Å². The van der Waals surface area contributed by atoms with E-state index < -0.39 is 12.1 Å². The molecule has 1 unspecified atom stereocenters. The number of benzene rings is 1. The zero-order valence-corrected chi connectivity index (χ0v) is 14.8. The summed E-state index contributed by atoms with van der Waals surface area (Å²) in [5.41, 5.74) is 2.04. The van der Waals surface area contributed by atoms with Gasteiger partial charge in [-0.15, -0.1) is 0 Å². The van der Waals surface area contributed by atoms with Gasteiger partial charge in [-0.2, -0.15) is 0 Å². The monoisotopic (exact) mass is 371 g/mol. The summed E-state index contributed by atoms with van der Waals surface area (Å²) in [6.45, 7) is 2.53. The molecule has 0 spiro atoms. The Morgan fingerprint density at radius 1 is 1.30 bits per heavy atom. The van der Waals surface area contributed by atoms with Crippen LogP contribution in [-0.2, 0) is 0 Å². The fourth-order valence-corrected chi connectivity index (χ4v) is 2.99. The van der Waals surface area contributed by atoms with Gasteiger partial charge in [0.15, 0.2) is 5.82 Å². The van der Waals surface area contributed by atoms with Crippen molar-refractivity contribution >= 4 is 17.9 Å². The summed E-state index contributed by atoms with van der Waals surface area (Å²) in [4.78, 5) is 33.0. The summed E-state index contributed by atoms with van der Waals surface area (Å²) in [5.74, 6) is 0.477. The van der Waals surface area contributed by atoms with Gasteiger partial charge in [0.2, 0.25) is 0 Å². The number of hydrogen-bond donors (Lipinski definition) is 4. The normalized spacial score (nSPS) is 16.6. The molecule has 9 nitrogen and oxygen atoms in total. The molecule has 0 radical (unpaired) electrons. The summed E-state index contributed by atoms with van der Waals surface area (Å²) in [6.07, 6.45) is 3.44. The highest BCUT2D eigenvalue weighted by molar-refractivity contribution is 5.88. The zero-order chi connectivity index (χ0) is 19.4. The Kier molecular flexibility index (Phi) is 5.39. The Morgan fingerprint density at radius 2 is 2.11 bits per heavy atom. The zero-order valence-electron chi connectivity index (χ0n) is 14.8. The van der Waals surface area contributed by atoms with Crippen LogP contribution in [0.25, 0.3) is 11.3 Å². The quantitative estimate of drug-likeness (QED) is 0.656. The van der Waals surface area contributed by atoms with E-state index in [4.69, 9.17) is 5.11 Å². The number of aryl methyl sites for hydroxylation is 1. The van der Waals surface area contributed by atoms with Gasteiger partial charge >= 0.3 is 12.1 Å². The lowest BCUT2D eigenvalue weighted by molar-refractivity contribution is 0.127. The number of urea groups is 1. The van der Waals surface area contributed by atoms with Crippen molar-refractivity contribution in [1.29, 1.82) is 0 Å². The second-order valence-electron chi connectivity index (χ2n) is 6.46. The highest BCUT2D eigenvalue weighted by Crippen LogP contribution is 2.24. The number of likely N-dealkylation sites (tertiary alicyclic amines) is 1. The Bertz CT molecular complexity index is 857. The molecule has 1 aliphatic heterocycles. The van der Waals surface area contributed by atoms with Crippen molar-refractivity contribution in [1.82, 2.24) is 20.2 Å². The number of phenolic OH excluding ortho intramolecular Hbond substituents is 1. The summed E-state index contributed by atoms with van der Waals surface area (Å²) >= 11 is 0. The molecule has 2 heterocycles. The number of hydrogen-bond acceptors (Lipinski definition) is 5. The van der Waals surface area contributed by atoms with Gasteiger partial charge in [0, 0.05) is 24.7 Å². The Balaban J connectivity index is 1.64. The van der Waals surface area contributed by atoms with Gasteiger partial charge in [-0.25, -0.2) is 14.6 Å². The van der Waals surface area contributed by atoms with Crippen LogP contribution in [0.1, 0.15) is 18.4 Å². The number of amides is 3. The predicted molar refractivity (Wildman–Crippen MR) is 98.6 cm³/mol. The van der Waals surface area contributed by atoms with Crippen molar-refractivity contribution in [2.24, 2.45) is 0 Å². The van der Waals surface area contributed by atoms with Crippen molar-refractivity contribution < 1.29 is 19.8 Å². The van der Waals surface area contributed by atoms with Gasteiger partial charge in [-0.3, -0.25) is 10.3 Å². The van der Waals surface area contributed by atoms with Crippen LogP contribution in [0.3, 0.4) is 0 Å². The highest BCUT2D eigenvalue weighted by Gasteiger charge is 2.24. The van der Waals surface area contributed by atoms with Crippen LogP contribution in [0, 0.1) is 6.92 Å². The molecule has 1 atom stereocenters. The molecule has 0 saturated carbocycles. The van der Waals surface area contributed by atoms with E-state index in [1.165, 1.54) is 11.1 Å². The van der Waals surface area contributed by atoms with Crippen LogP contribution >= 0.6 is 0 Å². The molecule has 1 aromatic heterocycles. The second kappa shape index (κ2) is 7.90. The molecule has 2 aromatic rings. The molecule has 1 aromatic carbocycles. The first-order valence-electron chi connectivity index (χ1n) is 8.60. The maximum absolute atomic E-state index is 12.2. The van der Waals surface area contributed by atoms with Gasteiger partial charge in [-0.05, 0) is 43.5 Å². The maximum atomic E-state index is 12.2. The summed E-state index contributed by atoms with van der Waals surface area (Å²) < 4.78 is 0. The van der Waals surface area contributed by atoms with Crippen LogP contribution in [0.2, 0.25) is 0 Å². The number of carboxylic acid groups (broad SMARTS) is 1. The van der Waals surface area contributed by atoms with Gasteiger partial charge in [0.05, 0.1) is 18.1 Å². The molecule has 3 amide bonds. The summed E-state index contributed by atoms with van der Waals surface area (Å²) in [7, 11) is 0. The van der Waals surface area contributed by atoms with Crippen LogP contribution in [0.5, 0.6) is 5.75 Å². The van der Waals surface area contributed by atoms with E-state index in [9.17, 15) is 14.7 Å². The number of nitrogens with zero attached hydrogens (tertiary/aromatic N) is 3. The molecule has 0 bridgehead atoms. The fourth-order valence-electron chi connectivity index (χ4n) is 2.99. The molecule has 3 rings (SSSR count). The number of aromatic nitrogens is 2. The smallest absolute Gasteiger partial charge is 0.407 e. The van der Waals surface area contributed by atoms with Gasteiger partial charge in [-0.1, -0.05) is 0 Å². The van der Waals surface area contributed by atoms with Crippen LogP contribution in [-0.4, -0.2) is 56.3 Å². The number of phenols is 1. The van der Waals surface area contributed by atoms with E-state index in [1.807, 2.05) is 0 Å². The number of rotatable bonds is 3. The van der Waals surface area contributed by atoms with E-state index in [1.54, 1.807) is 31.3 Å². The summed E-state index contributed by atoms with van der Waals surface area (Å²) in [5, 5.41) is 24.1. The third-order valence-corrected chi connectivity index (χ3v) is 4.40. The van der Waals surface area contributed by atoms with E-state index in [0.29, 0.717) is 24.2 Å². The fraction of sp³-hybridized carbons (Fsp3) is 0.333. The minimum atomic E-state index is -0.982. The minimum absolute atomic E-state index is 0.197. The number of piperidine rings is 1. The lowest BCUT2D eigenvalue weighted by Gasteiger charge is -2.31. The molecule has 1 saturated heterocycles.